The third-order valence-corrected chi connectivity index (χ3v) is 3.92. The molecule has 0 aliphatic rings. The van der Waals surface area contributed by atoms with Crippen molar-refractivity contribution in [3.63, 3.8) is 0 Å². The minimum absolute atomic E-state index is 0.277. The lowest BCUT2D eigenvalue weighted by Crippen LogP contribution is -2.39. The molecule has 2 rings (SSSR count). The Kier molecular flexibility index (Phi) is 6.12. The molecule has 8 heteroatoms. The maximum absolute atomic E-state index is 10.5. The van der Waals surface area contributed by atoms with Crippen LogP contribution in [0.15, 0.2) is 26.3 Å². The van der Waals surface area contributed by atoms with Gasteiger partial charge in [-0.2, -0.15) is 16.3 Å². The van der Waals surface area contributed by atoms with Gasteiger partial charge in [0.25, 0.3) is 0 Å². The molecule has 0 spiro atoms. The molecular weight excluding hydrogens is 314 g/mol. The molecule has 1 unspecified atom stereocenters. The highest BCUT2D eigenvalue weighted by atomic mass is 32.1. The Morgan fingerprint density at radius 1 is 1.48 bits per heavy atom. The first-order valence-corrected chi connectivity index (χ1v) is 8.52. The number of thiophene rings is 1. The molecule has 1 atom stereocenters. The third-order valence-electron chi connectivity index (χ3n) is 3.23. The van der Waals surface area contributed by atoms with Crippen molar-refractivity contribution in [2.24, 2.45) is 4.99 Å². The van der Waals surface area contributed by atoms with Crippen LogP contribution < -0.4 is 10.6 Å². The average Bonchev–Trinajstić information content (AvgIpc) is 3.17. The summed E-state index contributed by atoms with van der Waals surface area (Å²) >= 11 is 1.56. The average molecular weight is 337 g/mol. The van der Waals surface area contributed by atoms with E-state index < -0.39 is 5.60 Å². The number of nitrogens with one attached hydrogen (secondary N) is 2. The second-order valence-corrected chi connectivity index (χ2v) is 6.17. The summed E-state index contributed by atoms with van der Waals surface area (Å²) in [6, 6.07) is 1.92. The molecule has 0 saturated heterocycles. The van der Waals surface area contributed by atoms with Crippen molar-refractivity contribution in [2.75, 3.05) is 19.6 Å². The minimum Gasteiger partial charge on any atom is -0.383 e. The quantitative estimate of drug-likeness (QED) is 0.523. The lowest BCUT2D eigenvalue weighted by Gasteiger charge is -2.21. The van der Waals surface area contributed by atoms with Crippen molar-refractivity contribution in [3.05, 3.63) is 34.1 Å². The maximum atomic E-state index is 10.5. The van der Waals surface area contributed by atoms with E-state index in [0.717, 1.165) is 12.1 Å². The van der Waals surface area contributed by atoms with Crippen LogP contribution in [0.5, 0.6) is 0 Å². The fourth-order valence-electron chi connectivity index (χ4n) is 1.97. The van der Waals surface area contributed by atoms with Gasteiger partial charge in [-0.25, -0.2) is 4.99 Å². The summed E-state index contributed by atoms with van der Waals surface area (Å²) in [6.45, 7) is 7.19. The van der Waals surface area contributed by atoms with E-state index in [9.17, 15) is 5.11 Å². The van der Waals surface area contributed by atoms with Crippen LogP contribution in [0.25, 0.3) is 0 Å². The normalized spacial score (nSPS) is 14.5. The summed E-state index contributed by atoms with van der Waals surface area (Å²) in [6.07, 6.45) is 0.617. The van der Waals surface area contributed by atoms with Crippen LogP contribution in [0.2, 0.25) is 0 Å². The van der Waals surface area contributed by atoms with Crippen molar-refractivity contribution in [1.29, 1.82) is 0 Å². The first-order valence-electron chi connectivity index (χ1n) is 7.57. The van der Waals surface area contributed by atoms with Crippen molar-refractivity contribution in [2.45, 2.75) is 32.8 Å². The van der Waals surface area contributed by atoms with E-state index in [1.54, 1.807) is 25.2 Å². The minimum atomic E-state index is -0.980. The highest BCUT2D eigenvalue weighted by molar-refractivity contribution is 7.08. The van der Waals surface area contributed by atoms with Gasteiger partial charge in [-0.3, -0.25) is 0 Å². The molecular formula is C15H23N5O2S. The van der Waals surface area contributed by atoms with Gasteiger partial charge in [-0.1, -0.05) is 5.16 Å². The van der Waals surface area contributed by atoms with Crippen LogP contribution in [0.4, 0.5) is 0 Å². The number of aliphatic imine (C=N–C) groups is 1. The number of aromatic nitrogens is 2. The molecule has 0 fully saturated rings. The zero-order valence-corrected chi connectivity index (χ0v) is 14.5. The first-order chi connectivity index (χ1) is 11.0. The van der Waals surface area contributed by atoms with Gasteiger partial charge in [0.2, 0.25) is 5.89 Å². The summed E-state index contributed by atoms with van der Waals surface area (Å²) in [5, 5.41) is 24.5. The van der Waals surface area contributed by atoms with Crippen molar-refractivity contribution < 1.29 is 9.63 Å². The highest BCUT2D eigenvalue weighted by Gasteiger charge is 2.23. The van der Waals surface area contributed by atoms with Gasteiger partial charge in [-0.15, -0.1) is 0 Å². The number of aliphatic hydroxyl groups is 1. The number of guanidine groups is 1. The standard InChI is InChI=1S/C15H23N5O2S/c1-4-16-14(17-7-5-13-19-11(2)20-22-13)18-10-15(3,21)12-6-8-23-9-12/h6,8-9,21H,4-5,7,10H2,1-3H3,(H2,16,17,18). The second kappa shape index (κ2) is 8.07. The number of aryl methyl sites for hydroxylation is 1. The van der Waals surface area contributed by atoms with Crippen LogP contribution in [0.1, 0.15) is 31.1 Å². The van der Waals surface area contributed by atoms with Gasteiger partial charge in [0.1, 0.15) is 5.60 Å². The van der Waals surface area contributed by atoms with Gasteiger partial charge in [0.15, 0.2) is 11.8 Å². The topological polar surface area (TPSA) is 95.6 Å². The Balaban J connectivity index is 1.89. The number of hydrogen-bond donors (Lipinski definition) is 3. The molecule has 0 saturated carbocycles. The Morgan fingerprint density at radius 3 is 2.91 bits per heavy atom. The predicted octanol–water partition coefficient (Wildman–Crippen LogP) is 1.44. The Labute approximate surface area is 139 Å². The smallest absolute Gasteiger partial charge is 0.228 e. The summed E-state index contributed by atoms with van der Waals surface area (Å²) < 4.78 is 5.07. The Bertz CT molecular complexity index is 622. The fourth-order valence-corrected chi connectivity index (χ4v) is 2.75. The van der Waals surface area contributed by atoms with Crippen molar-refractivity contribution in [3.8, 4) is 0 Å². The maximum Gasteiger partial charge on any atom is 0.228 e. The molecule has 0 aliphatic carbocycles. The largest absolute Gasteiger partial charge is 0.383 e. The molecule has 7 nitrogen and oxygen atoms in total. The number of rotatable bonds is 7. The van der Waals surface area contributed by atoms with E-state index in [1.165, 1.54) is 0 Å². The molecule has 126 valence electrons. The molecule has 2 aromatic rings. The zero-order chi connectivity index (χ0) is 16.7. The lowest BCUT2D eigenvalue weighted by molar-refractivity contribution is 0.0677. The molecule has 0 bridgehead atoms. The van der Waals surface area contributed by atoms with Crippen LogP contribution in [-0.4, -0.2) is 40.8 Å². The van der Waals surface area contributed by atoms with E-state index in [2.05, 4.69) is 25.8 Å². The molecule has 0 amide bonds. The van der Waals surface area contributed by atoms with Crippen molar-refractivity contribution in [1.82, 2.24) is 20.8 Å². The predicted molar refractivity (Wildman–Crippen MR) is 90.6 cm³/mol. The number of hydrogen-bond acceptors (Lipinski definition) is 6. The molecule has 0 aromatic carbocycles. The van der Waals surface area contributed by atoms with Crippen LogP contribution in [0, 0.1) is 6.92 Å². The van der Waals surface area contributed by atoms with E-state index in [1.807, 2.05) is 23.8 Å². The SMILES string of the molecule is CCNC(=NCC(C)(O)c1ccsc1)NCCc1nc(C)no1. The van der Waals surface area contributed by atoms with Gasteiger partial charge in [0.05, 0.1) is 6.54 Å². The highest BCUT2D eigenvalue weighted by Crippen LogP contribution is 2.23. The summed E-state index contributed by atoms with van der Waals surface area (Å²) in [4.78, 5) is 8.62. The van der Waals surface area contributed by atoms with E-state index >= 15 is 0 Å². The van der Waals surface area contributed by atoms with Crippen LogP contribution in [0.3, 0.4) is 0 Å². The van der Waals surface area contributed by atoms with E-state index in [-0.39, 0.29) is 6.54 Å². The monoisotopic (exact) mass is 337 g/mol. The summed E-state index contributed by atoms with van der Waals surface area (Å²) in [5.41, 5.74) is -0.102. The zero-order valence-electron chi connectivity index (χ0n) is 13.7. The van der Waals surface area contributed by atoms with Crippen LogP contribution >= 0.6 is 11.3 Å². The Morgan fingerprint density at radius 2 is 2.30 bits per heavy atom. The molecule has 0 aliphatic heterocycles. The Hall–Kier alpha value is -1.93. The molecule has 2 aromatic heterocycles. The number of nitrogens with zero attached hydrogens (tertiary/aromatic N) is 3. The summed E-state index contributed by atoms with van der Waals surface area (Å²) in [5.74, 6) is 1.88. The molecule has 2 heterocycles. The van der Waals surface area contributed by atoms with Gasteiger partial charge < -0.3 is 20.3 Å². The first kappa shape index (κ1) is 17.4. The van der Waals surface area contributed by atoms with Gasteiger partial charge in [-0.05, 0) is 43.2 Å². The van der Waals surface area contributed by atoms with E-state index in [0.29, 0.717) is 30.6 Å². The van der Waals surface area contributed by atoms with E-state index in [4.69, 9.17) is 4.52 Å². The third kappa shape index (κ3) is 5.33. The molecule has 23 heavy (non-hydrogen) atoms. The second-order valence-electron chi connectivity index (χ2n) is 5.39. The van der Waals surface area contributed by atoms with Crippen molar-refractivity contribution >= 4 is 17.3 Å². The lowest BCUT2D eigenvalue weighted by atomic mass is 10.00. The van der Waals surface area contributed by atoms with Gasteiger partial charge in [0, 0.05) is 19.5 Å². The fraction of sp³-hybridized carbons (Fsp3) is 0.533. The summed E-state index contributed by atoms with van der Waals surface area (Å²) in [7, 11) is 0. The van der Waals surface area contributed by atoms with Crippen LogP contribution in [-0.2, 0) is 12.0 Å². The molecule has 0 radical (unpaired) electrons. The van der Waals surface area contributed by atoms with Gasteiger partial charge >= 0.3 is 0 Å². The molecule has 3 N–H and O–H groups in total.